The van der Waals surface area contributed by atoms with Crippen LogP contribution >= 0.6 is 0 Å². The molecule has 6 heteroatoms. The summed E-state index contributed by atoms with van der Waals surface area (Å²) in [5, 5.41) is 6.81. The zero-order valence-electron chi connectivity index (χ0n) is 16.5. The van der Waals surface area contributed by atoms with Crippen LogP contribution in [0.3, 0.4) is 0 Å². The highest BCUT2D eigenvalue weighted by Crippen LogP contribution is 2.43. The second kappa shape index (κ2) is 10.3. The Morgan fingerprint density at radius 2 is 2.00 bits per heavy atom. The molecule has 6 nitrogen and oxygen atoms in total. The molecule has 2 N–H and O–H groups in total. The zero-order chi connectivity index (χ0) is 18.8. The van der Waals surface area contributed by atoms with Crippen LogP contribution in [0.2, 0.25) is 0 Å². The lowest BCUT2D eigenvalue weighted by Crippen LogP contribution is -2.48. The molecular weight excluding hydrogens is 330 g/mol. The quantitative estimate of drug-likeness (QED) is 0.494. The molecule has 0 heterocycles. The molecule has 1 atom stereocenters. The molecule has 0 radical (unpaired) electrons. The van der Waals surface area contributed by atoms with E-state index in [1.807, 2.05) is 31.2 Å². The summed E-state index contributed by atoms with van der Waals surface area (Å²) in [6.45, 7) is 4.45. The van der Waals surface area contributed by atoms with Gasteiger partial charge < -0.3 is 24.8 Å². The predicted octanol–water partition coefficient (Wildman–Crippen LogP) is 2.83. The topological polar surface area (TPSA) is 64.1 Å². The lowest BCUT2D eigenvalue weighted by Gasteiger charge is -2.42. The highest BCUT2D eigenvalue weighted by atomic mass is 16.5. The van der Waals surface area contributed by atoms with Gasteiger partial charge in [0.15, 0.2) is 5.96 Å². The second-order valence-corrected chi connectivity index (χ2v) is 7.01. The number of hydrogen-bond acceptors (Lipinski definition) is 4. The van der Waals surface area contributed by atoms with Gasteiger partial charge in [0, 0.05) is 33.4 Å². The summed E-state index contributed by atoms with van der Waals surface area (Å²) in [6, 6.07) is 7.65. The standard InChI is InChI=1S/C20H33N3O3/c1-16(26-18-8-5-7-17(13-18)25-4)14-22-19(21-2)23-15-20(9-6-10-20)11-12-24-3/h5,7-8,13,16H,6,9-12,14-15H2,1-4H3,(H2,21,22,23). The summed E-state index contributed by atoms with van der Waals surface area (Å²) < 4.78 is 16.4. The molecule has 0 aliphatic heterocycles. The highest BCUT2D eigenvalue weighted by molar-refractivity contribution is 5.79. The van der Waals surface area contributed by atoms with Crippen LogP contribution in [-0.2, 0) is 4.74 Å². The molecule has 0 saturated heterocycles. The van der Waals surface area contributed by atoms with Gasteiger partial charge in [0.25, 0.3) is 0 Å². The summed E-state index contributed by atoms with van der Waals surface area (Å²) in [6.07, 6.45) is 4.93. The maximum atomic E-state index is 5.94. The van der Waals surface area contributed by atoms with Crippen molar-refractivity contribution in [3.8, 4) is 11.5 Å². The number of hydrogen-bond donors (Lipinski definition) is 2. The molecule has 1 saturated carbocycles. The van der Waals surface area contributed by atoms with Crippen molar-refractivity contribution >= 4 is 5.96 Å². The SMILES string of the molecule is CN=C(NCC(C)Oc1cccc(OC)c1)NCC1(CCOC)CCC1. The fourth-order valence-corrected chi connectivity index (χ4v) is 3.19. The molecule has 146 valence electrons. The van der Waals surface area contributed by atoms with E-state index in [0.717, 1.165) is 37.0 Å². The Morgan fingerprint density at radius 1 is 1.23 bits per heavy atom. The van der Waals surface area contributed by atoms with Crippen molar-refractivity contribution in [2.75, 3.05) is 41.0 Å². The summed E-state index contributed by atoms with van der Waals surface area (Å²) in [5.41, 5.74) is 0.357. The Morgan fingerprint density at radius 3 is 2.62 bits per heavy atom. The molecule has 1 aromatic rings. The van der Waals surface area contributed by atoms with E-state index >= 15 is 0 Å². The summed E-state index contributed by atoms with van der Waals surface area (Å²) in [4.78, 5) is 4.32. The van der Waals surface area contributed by atoms with E-state index < -0.39 is 0 Å². The Hall–Kier alpha value is -1.95. The van der Waals surface area contributed by atoms with E-state index in [1.165, 1.54) is 19.3 Å². The molecule has 1 aliphatic rings. The first-order valence-corrected chi connectivity index (χ1v) is 9.35. The first-order chi connectivity index (χ1) is 12.6. The Kier molecular flexibility index (Phi) is 8.04. The molecule has 0 spiro atoms. The van der Waals surface area contributed by atoms with Crippen LogP contribution < -0.4 is 20.1 Å². The predicted molar refractivity (Wildman–Crippen MR) is 105 cm³/mol. The maximum Gasteiger partial charge on any atom is 0.191 e. The van der Waals surface area contributed by atoms with Crippen LogP contribution in [0.4, 0.5) is 0 Å². The van der Waals surface area contributed by atoms with Gasteiger partial charge in [-0.2, -0.15) is 0 Å². The number of benzene rings is 1. The molecule has 1 unspecified atom stereocenters. The molecule has 0 aromatic heterocycles. The van der Waals surface area contributed by atoms with Crippen molar-refractivity contribution in [2.45, 2.75) is 38.7 Å². The first-order valence-electron chi connectivity index (χ1n) is 9.35. The van der Waals surface area contributed by atoms with Crippen molar-refractivity contribution < 1.29 is 14.2 Å². The third-order valence-corrected chi connectivity index (χ3v) is 5.04. The third-order valence-electron chi connectivity index (χ3n) is 5.04. The monoisotopic (exact) mass is 363 g/mol. The van der Waals surface area contributed by atoms with Crippen LogP contribution in [0.1, 0.15) is 32.6 Å². The zero-order valence-corrected chi connectivity index (χ0v) is 16.5. The number of nitrogens with zero attached hydrogens (tertiary/aromatic N) is 1. The summed E-state index contributed by atoms with van der Waals surface area (Å²) >= 11 is 0. The van der Waals surface area contributed by atoms with E-state index in [2.05, 4.69) is 15.6 Å². The lowest BCUT2D eigenvalue weighted by molar-refractivity contribution is 0.0732. The van der Waals surface area contributed by atoms with Crippen LogP contribution in [0, 0.1) is 5.41 Å². The number of guanidine groups is 1. The Labute approximate surface area is 157 Å². The van der Waals surface area contributed by atoms with Crippen LogP contribution in [-0.4, -0.2) is 53.0 Å². The van der Waals surface area contributed by atoms with Crippen molar-refractivity contribution in [2.24, 2.45) is 10.4 Å². The number of methoxy groups -OCH3 is 2. The molecule has 0 bridgehead atoms. The van der Waals surface area contributed by atoms with Crippen molar-refractivity contribution in [3.05, 3.63) is 24.3 Å². The molecule has 0 amide bonds. The van der Waals surface area contributed by atoms with Gasteiger partial charge in [-0.15, -0.1) is 0 Å². The number of rotatable bonds is 10. The minimum Gasteiger partial charge on any atom is -0.497 e. The fraction of sp³-hybridized carbons (Fsp3) is 0.650. The maximum absolute atomic E-state index is 5.94. The Balaban J connectivity index is 1.75. The van der Waals surface area contributed by atoms with E-state index in [9.17, 15) is 0 Å². The van der Waals surface area contributed by atoms with Gasteiger partial charge in [-0.1, -0.05) is 12.5 Å². The largest absolute Gasteiger partial charge is 0.497 e. The van der Waals surface area contributed by atoms with Crippen molar-refractivity contribution in [1.82, 2.24) is 10.6 Å². The summed E-state index contributed by atoms with van der Waals surface area (Å²) in [7, 11) is 5.22. The van der Waals surface area contributed by atoms with E-state index in [4.69, 9.17) is 14.2 Å². The van der Waals surface area contributed by atoms with Gasteiger partial charge >= 0.3 is 0 Å². The molecule has 2 rings (SSSR count). The Bertz CT molecular complexity index is 573. The van der Waals surface area contributed by atoms with Gasteiger partial charge in [-0.25, -0.2) is 0 Å². The van der Waals surface area contributed by atoms with Crippen LogP contribution in [0.5, 0.6) is 11.5 Å². The van der Waals surface area contributed by atoms with E-state index in [-0.39, 0.29) is 6.10 Å². The minimum atomic E-state index is 0.00631. The highest BCUT2D eigenvalue weighted by Gasteiger charge is 2.36. The van der Waals surface area contributed by atoms with Crippen molar-refractivity contribution in [3.63, 3.8) is 0 Å². The van der Waals surface area contributed by atoms with E-state index in [0.29, 0.717) is 12.0 Å². The van der Waals surface area contributed by atoms with Gasteiger partial charge in [0.05, 0.1) is 13.7 Å². The first kappa shape index (κ1) is 20.4. The number of ether oxygens (including phenoxy) is 3. The van der Waals surface area contributed by atoms with E-state index in [1.54, 1.807) is 21.3 Å². The summed E-state index contributed by atoms with van der Waals surface area (Å²) in [5.74, 6) is 2.41. The lowest BCUT2D eigenvalue weighted by atomic mass is 9.67. The fourth-order valence-electron chi connectivity index (χ4n) is 3.19. The van der Waals surface area contributed by atoms with Crippen LogP contribution in [0.15, 0.2) is 29.3 Å². The molecule has 1 aliphatic carbocycles. The molecule has 1 fully saturated rings. The molecule has 26 heavy (non-hydrogen) atoms. The normalized spacial score (nSPS) is 17.2. The second-order valence-electron chi connectivity index (χ2n) is 7.01. The van der Waals surface area contributed by atoms with Gasteiger partial charge in [0.1, 0.15) is 17.6 Å². The molecule has 1 aromatic carbocycles. The minimum absolute atomic E-state index is 0.00631. The smallest absolute Gasteiger partial charge is 0.191 e. The van der Waals surface area contributed by atoms with Gasteiger partial charge in [0.2, 0.25) is 0 Å². The average molecular weight is 364 g/mol. The third kappa shape index (κ3) is 6.09. The molecular formula is C20H33N3O3. The average Bonchev–Trinajstić information content (AvgIpc) is 2.63. The van der Waals surface area contributed by atoms with Crippen LogP contribution in [0.25, 0.3) is 0 Å². The van der Waals surface area contributed by atoms with Gasteiger partial charge in [-0.05, 0) is 43.7 Å². The number of aliphatic imine (C=N–C) groups is 1. The van der Waals surface area contributed by atoms with Crippen molar-refractivity contribution in [1.29, 1.82) is 0 Å². The van der Waals surface area contributed by atoms with Gasteiger partial charge in [-0.3, -0.25) is 4.99 Å². The number of nitrogens with one attached hydrogen (secondary N) is 2.